The molecule has 8 nitrogen and oxygen atoms in total. The molecule has 0 radical (unpaired) electrons. The number of aliphatic carboxylic acids is 1. The second-order valence-corrected chi connectivity index (χ2v) is 7.83. The van der Waals surface area contributed by atoms with Gasteiger partial charge in [-0.1, -0.05) is 32.4 Å². The number of hydrogen-bond donors (Lipinski definition) is 2. The summed E-state index contributed by atoms with van der Waals surface area (Å²) in [7, 11) is 1.58. The number of ether oxygens (including phenoxy) is 2. The molecule has 1 heterocycles. The molecule has 0 saturated carbocycles. The Morgan fingerprint density at radius 2 is 1.85 bits per heavy atom. The van der Waals surface area contributed by atoms with Crippen LogP contribution in [0.15, 0.2) is 51.7 Å². The molecule has 3 rings (SSSR count). The summed E-state index contributed by atoms with van der Waals surface area (Å²) in [5, 5.41) is 12.6. The zero-order chi connectivity index (χ0) is 24.1. The molecule has 1 amide bonds. The van der Waals surface area contributed by atoms with Gasteiger partial charge in [0.2, 0.25) is 0 Å². The van der Waals surface area contributed by atoms with Crippen molar-refractivity contribution in [1.29, 1.82) is 0 Å². The van der Waals surface area contributed by atoms with Crippen LogP contribution in [0.25, 0.3) is 22.1 Å². The number of hydrogen-bond acceptors (Lipinski definition) is 6. The number of carboxylic acids is 1. The van der Waals surface area contributed by atoms with Crippen LogP contribution in [0.5, 0.6) is 11.5 Å². The maximum atomic E-state index is 12.3. The van der Waals surface area contributed by atoms with Crippen LogP contribution in [-0.4, -0.2) is 36.7 Å². The molecule has 3 aromatic rings. The van der Waals surface area contributed by atoms with Crippen LogP contribution in [0.3, 0.4) is 0 Å². The monoisotopic (exact) mass is 453 g/mol. The van der Waals surface area contributed by atoms with Crippen molar-refractivity contribution >= 4 is 22.8 Å². The summed E-state index contributed by atoms with van der Waals surface area (Å²) in [6.45, 7) is 4.98. The summed E-state index contributed by atoms with van der Waals surface area (Å²) in [6.07, 6.45) is 0.609. The lowest BCUT2D eigenvalue weighted by atomic mass is 9.99. The number of carbonyl (C=O) groups excluding carboxylic acids is 1. The largest absolute Gasteiger partial charge is 0.497 e. The molecular formula is C25H27NO7. The first kappa shape index (κ1) is 23.8. The maximum Gasteiger partial charge on any atom is 0.336 e. The average molecular weight is 453 g/mol. The van der Waals surface area contributed by atoms with Gasteiger partial charge in [-0.05, 0) is 48.2 Å². The summed E-state index contributed by atoms with van der Waals surface area (Å²) in [5.74, 6) is -0.791. The summed E-state index contributed by atoms with van der Waals surface area (Å²) in [5.41, 5.74) is 1.93. The van der Waals surface area contributed by atoms with Crippen molar-refractivity contribution in [3.63, 3.8) is 0 Å². The SMILES string of the molecule is CCC(C)C(NC(=O)COc1ccc2c(-c3ccc(OC)cc3)cc(=O)oc2c1C)C(=O)O. The van der Waals surface area contributed by atoms with Crippen molar-refractivity contribution in [3.8, 4) is 22.6 Å². The van der Waals surface area contributed by atoms with Gasteiger partial charge in [-0.15, -0.1) is 0 Å². The summed E-state index contributed by atoms with van der Waals surface area (Å²) >= 11 is 0. The number of benzene rings is 2. The van der Waals surface area contributed by atoms with Crippen LogP contribution < -0.4 is 20.4 Å². The van der Waals surface area contributed by atoms with Crippen LogP contribution in [-0.2, 0) is 9.59 Å². The highest BCUT2D eigenvalue weighted by Gasteiger charge is 2.25. The van der Waals surface area contributed by atoms with Crippen LogP contribution in [0, 0.1) is 12.8 Å². The average Bonchev–Trinajstić information content (AvgIpc) is 2.81. The fourth-order valence-corrected chi connectivity index (χ4v) is 3.55. The van der Waals surface area contributed by atoms with E-state index in [4.69, 9.17) is 13.9 Å². The van der Waals surface area contributed by atoms with E-state index in [-0.39, 0.29) is 12.5 Å². The Morgan fingerprint density at radius 1 is 1.15 bits per heavy atom. The summed E-state index contributed by atoms with van der Waals surface area (Å²) < 4.78 is 16.3. The van der Waals surface area contributed by atoms with Gasteiger partial charge in [-0.3, -0.25) is 4.79 Å². The second-order valence-electron chi connectivity index (χ2n) is 7.83. The molecule has 2 atom stereocenters. The number of carbonyl (C=O) groups is 2. The first-order valence-electron chi connectivity index (χ1n) is 10.6. The van der Waals surface area contributed by atoms with E-state index < -0.39 is 23.5 Å². The molecular weight excluding hydrogens is 426 g/mol. The van der Waals surface area contributed by atoms with Crippen LogP contribution in [0.4, 0.5) is 0 Å². The van der Waals surface area contributed by atoms with Gasteiger partial charge in [0.05, 0.1) is 7.11 Å². The van der Waals surface area contributed by atoms with Crippen LogP contribution in [0.2, 0.25) is 0 Å². The van der Waals surface area contributed by atoms with Gasteiger partial charge >= 0.3 is 11.6 Å². The fourth-order valence-electron chi connectivity index (χ4n) is 3.55. The molecule has 0 aliphatic rings. The number of fused-ring (bicyclic) bond motifs is 1. The quantitative estimate of drug-likeness (QED) is 0.474. The van der Waals surface area contributed by atoms with E-state index >= 15 is 0 Å². The molecule has 0 bridgehead atoms. The first-order valence-corrected chi connectivity index (χ1v) is 10.6. The van der Waals surface area contributed by atoms with Gasteiger partial charge in [0, 0.05) is 17.0 Å². The van der Waals surface area contributed by atoms with E-state index in [9.17, 15) is 19.5 Å². The van der Waals surface area contributed by atoms with E-state index in [2.05, 4.69) is 5.32 Å². The number of methoxy groups -OCH3 is 1. The van der Waals surface area contributed by atoms with Crippen LogP contribution in [0.1, 0.15) is 25.8 Å². The Hall–Kier alpha value is -3.81. The third-order valence-corrected chi connectivity index (χ3v) is 5.67. The van der Waals surface area contributed by atoms with Crippen molar-refractivity contribution in [2.75, 3.05) is 13.7 Å². The van der Waals surface area contributed by atoms with Gasteiger partial charge in [0.1, 0.15) is 23.1 Å². The molecule has 2 N–H and O–H groups in total. The Kier molecular flexibility index (Phi) is 7.37. The number of carboxylic acid groups (broad SMARTS) is 1. The minimum atomic E-state index is -1.09. The molecule has 2 unspecified atom stereocenters. The lowest BCUT2D eigenvalue weighted by Gasteiger charge is -2.20. The lowest BCUT2D eigenvalue weighted by molar-refractivity contribution is -0.143. The molecule has 0 aliphatic heterocycles. The van der Waals surface area contributed by atoms with Gasteiger partial charge < -0.3 is 24.3 Å². The summed E-state index contributed by atoms with van der Waals surface area (Å²) in [6, 6.07) is 11.2. The molecule has 174 valence electrons. The molecule has 0 saturated heterocycles. The van der Waals surface area contributed by atoms with Gasteiger partial charge in [0.15, 0.2) is 6.61 Å². The van der Waals surface area contributed by atoms with E-state index in [0.717, 1.165) is 10.9 Å². The minimum absolute atomic E-state index is 0.223. The highest BCUT2D eigenvalue weighted by molar-refractivity contribution is 5.95. The Labute approximate surface area is 191 Å². The third-order valence-electron chi connectivity index (χ3n) is 5.67. The highest BCUT2D eigenvalue weighted by atomic mass is 16.5. The molecule has 0 fully saturated rings. The predicted octanol–water partition coefficient (Wildman–Crippen LogP) is 3.77. The van der Waals surface area contributed by atoms with Gasteiger partial charge in [0.25, 0.3) is 5.91 Å². The number of rotatable bonds is 9. The van der Waals surface area contributed by atoms with Crippen molar-refractivity contribution < 1.29 is 28.6 Å². The van der Waals surface area contributed by atoms with E-state index in [0.29, 0.717) is 34.6 Å². The van der Waals surface area contributed by atoms with E-state index in [1.165, 1.54) is 6.07 Å². The Balaban J connectivity index is 1.86. The molecule has 33 heavy (non-hydrogen) atoms. The zero-order valence-electron chi connectivity index (χ0n) is 19.0. The van der Waals surface area contributed by atoms with Gasteiger partial charge in [-0.25, -0.2) is 9.59 Å². The number of nitrogens with one attached hydrogen (secondary N) is 1. The summed E-state index contributed by atoms with van der Waals surface area (Å²) in [4.78, 5) is 36.0. The first-order chi connectivity index (χ1) is 15.7. The highest BCUT2D eigenvalue weighted by Crippen LogP contribution is 2.33. The molecule has 1 aromatic heterocycles. The van der Waals surface area contributed by atoms with Crippen molar-refractivity contribution in [2.45, 2.75) is 33.2 Å². The smallest absolute Gasteiger partial charge is 0.336 e. The molecule has 8 heteroatoms. The van der Waals surface area contributed by atoms with E-state index in [1.807, 2.05) is 31.2 Å². The Morgan fingerprint density at radius 3 is 2.45 bits per heavy atom. The number of amides is 1. The van der Waals surface area contributed by atoms with Gasteiger partial charge in [-0.2, -0.15) is 0 Å². The lowest BCUT2D eigenvalue weighted by Crippen LogP contribution is -2.46. The van der Waals surface area contributed by atoms with Crippen molar-refractivity contribution in [1.82, 2.24) is 5.32 Å². The molecule has 0 aliphatic carbocycles. The standard InChI is InChI=1S/C25H27NO7/c1-5-14(2)23(25(29)30)26-21(27)13-32-20-11-10-18-19(12-22(28)33-24(18)15(20)3)16-6-8-17(31-4)9-7-16/h6-12,14,23H,5,13H2,1-4H3,(H,26,27)(H,29,30). The third kappa shape index (κ3) is 5.34. The normalized spacial score (nSPS) is 12.7. The fraction of sp³-hybridized carbons (Fsp3) is 0.320. The van der Waals surface area contributed by atoms with Crippen molar-refractivity contribution in [2.24, 2.45) is 5.92 Å². The zero-order valence-corrected chi connectivity index (χ0v) is 19.0. The second kappa shape index (κ2) is 10.2. The predicted molar refractivity (Wildman–Crippen MR) is 124 cm³/mol. The molecule has 2 aromatic carbocycles. The van der Waals surface area contributed by atoms with E-state index in [1.54, 1.807) is 33.1 Å². The molecule has 0 spiro atoms. The minimum Gasteiger partial charge on any atom is -0.497 e. The maximum absolute atomic E-state index is 12.3. The Bertz CT molecular complexity index is 1210. The topological polar surface area (TPSA) is 115 Å². The number of aryl methyl sites for hydroxylation is 1. The van der Waals surface area contributed by atoms with Crippen LogP contribution >= 0.6 is 0 Å². The van der Waals surface area contributed by atoms with Crippen molar-refractivity contribution in [3.05, 3.63) is 58.4 Å².